The summed E-state index contributed by atoms with van der Waals surface area (Å²) in [5.41, 5.74) is 4.10. The zero-order valence-electron chi connectivity index (χ0n) is 16.5. The Morgan fingerprint density at radius 1 is 0.968 bits per heavy atom. The molecular weight excluding hydrogens is 396 g/mol. The maximum absolute atomic E-state index is 12.7. The molecule has 8 nitrogen and oxygen atoms in total. The molecule has 3 rings (SSSR count). The Balaban J connectivity index is 1.71. The predicted octanol–water partition coefficient (Wildman–Crippen LogP) is 3.09. The van der Waals surface area contributed by atoms with Crippen LogP contribution in [0.5, 0.6) is 0 Å². The van der Waals surface area contributed by atoms with Crippen LogP contribution in [-0.4, -0.2) is 29.0 Å². The lowest BCUT2D eigenvalue weighted by molar-refractivity contribution is -0.384. The van der Waals surface area contributed by atoms with Crippen molar-refractivity contribution >= 4 is 23.7 Å². The standard InChI is InChI=1S/C23H20N4O4/c28-22(19-11-5-2-6-12-19)25-21(15-17-8-3-1-4-9-17)23(29)26-24-16-18-10-7-13-20(14-18)27(30)31/h1-14,16,21H,15H2,(H,25,28)(H,26,29)/b24-16-/t21-/m0/s1. The molecule has 0 aliphatic carbocycles. The summed E-state index contributed by atoms with van der Waals surface area (Å²) in [4.78, 5) is 35.6. The van der Waals surface area contributed by atoms with Crippen molar-refractivity contribution in [2.45, 2.75) is 12.5 Å². The number of amides is 2. The van der Waals surface area contributed by atoms with Gasteiger partial charge in [0.25, 0.3) is 17.5 Å². The summed E-state index contributed by atoms with van der Waals surface area (Å²) < 4.78 is 0. The van der Waals surface area contributed by atoms with E-state index in [1.54, 1.807) is 36.4 Å². The molecular formula is C23H20N4O4. The average Bonchev–Trinajstić information content (AvgIpc) is 2.80. The van der Waals surface area contributed by atoms with Crippen LogP contribution in [0.2, 0.25) is 0 Å². The molecule has 0 saturated carbocycles. The van der Waals surface area contributed by atoms with Gasteiger partial charge in [-0.1, -0.05) is 60.7 Å². The zero-order chi connectivity index (χ0) is 22.1. The predicted molar refractivity (Wildman–Crippen MR) is 117 cm³/mol. The number of carbonyl (C=O) groups is 2. The van der Waals surface area contributed by atoms with Gasteiger partial charge in [-0.05, 0) is 17.7 Å². The summed E-state index contributed by atoms with van der Waals surface area (Å²) in [6.45, 7) is 0. The SMILES string of the molecule is O=C(N[C@@H](Cc1ccccc1)C(=O)N/N=C\c1cccc([N+](=O)[O-])c1)c1ccccc1. The van der Waals surface area contributed by atoms with Gasteiger partial charge in [0.2, 0.25) is 0 Å². The Labute approximate surface area is 178 Å². The molecule has 8 heteroatoms. The minimum absolute atomic E-state index is 0.0765. The summed E-state index contributed by atoms with van der Waals surface area (Å²) in [7, 11) is 0. The van der Waals surface area contributed by atoms with E-state index in [1.165, 1.54) is 24.4 Å². The van der Waals surface area contributed by atoms with E-state index < -0.39 is 16.9 Å². The van der Waals surface area contributed by atoms with E-state index in [2.05, 4.69) is 15.8 Å². The van der Waals surface area contributed by atoms with E-state index in [4.69, 9.17) is 0 Å². The highest BCUT2D eigenvalue weighted by molar-refractivity contribution is 5.97. The average molecular weight is 416 g/mol. The van der Waals surface area contributed by atoms with Crippen LogP contribution < -0.4 is 10.7 Å². The molecule has 0 aliphatic heterocycles. The first-order valence-electron chi connectivity index (χ1n) is 9.50. The van der Waals surface area contributed by atoms with Crippen molar-refractivity contribution in [2.24, 2.45) is 5.10 Å². The molecule has 0 bridgehead atoms. The quantitative estimate of drug-likeness (QED) is 0.334. The smallest absolute Gasteiger partial charge is 0.270 e. The summed E-state index contributed by atoms with van der Waals surface area (Å²) in [6.07, 6.45) is 1.58. The maximum Gasteiger partial charge on any atom is 0.270 e. The summed E-state index contributed by atoms with van der Waals surface area (Å²) >= 11 is 0. The number of nitrogens with one attached hydrogen (secondary N) is 2. The molecule has 0 saturated heterocycles. The number of non-ortho nitro benzene ring substituents is 1. The van der Waals surface area contributed by atoms with Gasteiger partial charge in [-0.3, -0.25) is 19.7 Å². The summed E-state index contributed by atoms with van der Waals surface area (Å²) in [5.74, 6) is -0.880. The molecule has 0 radical (unpaired) electrons. The van der Waals surface area contributed by atoms with E-state index in [0.29, 0.717) is 11.1 Å². The van der Waals surface area contributed by atoms with Crippen LogP contribution in [0.3, 0.4) is 0 Å². The Bertz CT molecular complexity index is 1090. The fourth-order valence-corrected chi connectivity index (χ4v) is 2.86. The lowest BCUT2D eigenvalue weighted by Crippen LogP contribution is -2.46. The number of hydrogen-bond donors (Lipinski definition) is 2. The maximum atomic E-state index is 12.7. The number of nitro groups is 1. The van der Waals surface area contributed by atoms with E-state index in [9.17, 15) is 19.7 Å². The van der Waals surface area contributed by atoms with Crippen molar-refractivity contribution in [1.29, 1.82) is 0 Å². The molecule has 156 valence electrons. The van der Waals surface area contributed by atoms with E-state index >= 15 is 0 Å². The van der Waals surface area contributed by atoms with Crippen molar-refractivity contribution in [2.75, 3.05) is 0 Å². The van der Waals surface area contributed by atoms with Crippen molar-refractivity contribution < 1.29 is 14.5 Å². The largest absolute Gasteiger partial charge is 0.340 e. The number of carbonyl (C=O) groups excluding carboxylic acids is 2. The number of nitro benzene ring substituents is 1. The topological polar surface area (TPSA) is 114 Å². The number of rotatable bonds is 8. The number of hydrogen-bond acceptors (Lipinski definition) is 5. The first-order chi connectivity index (χ1) is 15.0. The zero-order valence-corrected chi connectivity index (χ0v) is 16.5. The van der Waals surface area contributed by atoms with Crippen LogP contribution >= 0.6 is 0 Å². The lowest BCUT2D eigenvalue weighted by Gasteiger charge is -2.17. The molecule has 3 aromatic rings. The third kappa shape index (κ3) is 6.33. The summed E-state index contributed by atoms with van der Waals surface area (Å²) in [6, 6.07) is 22.9. The lowest BCUT2D eigenvalue weighted by atomic mass is 10.0. The minimum atomic E-state index is -0.864. The third-order valence-corrected chi connectivity index (χ3v) is 4.41. The molecule has 0 unspecified atom stereocenters. The number of benzene rings is 3. The highest BCUT2D eigenvalue weighted by Crippen LogP contribution is 2.11. The van der Waals surface area contributed by atoms with Gasteiger partial charge in [-0.2, -0.15) is 5.10 Å². The van der Waals surface area contributed by atoms with Crippen LogP contribution in [-0.2, 0) is 11.2 Å². The van der Waals surface area contributed by atoms with Gasteiger partial charge in [0.1, 0.15) is 6.04 Å². The molecule has 0 spiro atoms. The van der Waals surface area contributed by atoms with Gasteiger partial charge in [-0.15, -0.1) is 0 Å². The normalized spacial score (nSPS) is 11.6. The molecule has 0 fully saturated rings. The van der Waals surface area contributed by atoms with Gasteiger partial charge in [0.05, 0.1) is 11.1 Å². The van der Waals surface area contributed by atoms with Crippen LogP contribution in [0.1, 0.15) is 21.5 Å². The van der Waals surface area contributed by atoms with Crippen molar-refractivity contribution in [3.05, 3.63) is 112 Å². The monoisotopic (exact) mass is 416 g/mol. The number of hydrazone groups is 1. The van der Waals surface area contributed by atoms with Crippen LogP contribution in [0.15, 0.2) is 90.0 Å². The Morgan fingerprint density at radius 3 is 2.32 bits per heavy atom. The first-order valence-corrected chi connectivity index (χ1v) is 9.50. The molecule has 0 aromatic heterocycles. The fourth-order valence-electron chi connectivity index (χ4n) is 2.86. The molecule has 31 heavy (non-hydrogen) atoms. The highest BCUT2D eigenvalue weighted by Gasteiger charge is 2.21. The second-order valence-electron chi connectivity index (χ2n) is 6.67. The highest BCUT2D eigenvalue weighted by atomic mass is 16.6. The Morgan fingerprint density at radius 2 is 1.65 bits per heavy atom. The molecule has 2 amide bonds. The van der Waals surface area contributed by atoms with E-state index in [-0.39, 0.29) is 18.0 Å². The van der Waals surface area contributed by atoms with Crippen molar-refractivity contribution in [1.82, 2.24) is 10.7 Å². The van der Waals surface area contributed by atoms with Gasteiger partial charge in [0.15, 0.2) is 0 Å². The van der Waals surface area contributed by atoms with Gasteiger partial charge in [-0.25, -0.2) is 5.43 Å². The molecule has 0 aliphatic rings. The van der Waals surface area contributed by atoms with E-state index in [1.807, 2.05) is 30.3 Å². The summed E-state index contributed by atoms with van der Waals surface area (Å²) in [5, 5.41) is 17.5. The Hall–Kier alpha value is -4.33. The van der Waals surface area contributed by atoms with Gasteiger partial charge in [0, 0.05) is 29.7 Å². The second-order valence-corrected chi connectivity index (χ2v) is 6.67. The molecule has 3 aromatic carbocycles. The van der Waals surface area contributed by atoms with Gasteiger partial charge >= 0.3 is 0 Å². The second kappa shape index (κ2) is 10.4. The molecule has 0 heterocycles. The van der Waals surface area contributed by atoms with Crippen LogP contribution in [0, 0.1) is 10.1 Å². The third-order valence-electron chi connectivity index (χ3n) is 4.41. The molecule has 2 N–H and O–H groups in total. The minimum Gasteiger partial charge on any atom is -0.340 e. The Kier molecular flexibility index (Phi) is 7.21. The van der Waals surface area contributed by atoms with Gasteiger partial charge < -0.3 is 5.32 Å². The number of nitrogens with zero attached hydrogens (tertiary/aromatic N) is 2. The van der Waals surface area contributed by atoms with Crippen molar-refractivity contribution in [3.8, 4) is 0 Å². The molecule has 1 atom stereocenters. The first kappa shape index (κ1) is 21.4. The van der Waals surface area contributed by atoms with Crippen LogP contribution in [0.4, 0.5) is 5.69 Å². The van der Waals surface area contributed by atoms with Crippen molar-refractivity contribution in [3.63, 3.8) is 0 Å². The van der Waals surface area contributed by atoms with Crippen LogP contribution in [0.25, 0.3) is 0 Å². The van der Waals surface area contributed by atoms with E-state index in [0.717, 1.165) is 5.56 Å². The fraction of sp³-hybridized carbons (Fsp3) is 0.0870.